The van der Waals surface area contributed by atoms with Gasteiger partial charge in [-0.1, -0.05) is 24.6 Å². The van der Waals surface area contributed by atoms with Gasteiger partial charge < -0.3 is 9.80 Å². The summed E-state index contributed by atoms with van der Waals surface area (Å²) in [5.74, 6) is 0.462. The Bertz CT molecular complexity index is 631. The van der Waals surface area contributed by atoms with Crippen LogP contribution in [0.15, 0.2) is 18.2 Å². The second kappa shape index (κ2) is 6.52. The molecule has 2 heterocycles. The zero-order valence-electron chi connectivity index (χ0n) is 13.7. The van der Waals surface area contributed by atoms with Crippen molar-refractivity contribution in [2.45, 2.75) is 33.1 Å². The number of rotatable bonds is 2. The molecule has 0 spiro atoms. The summed E-state index contributed by atoms with van der Waals surface area (Å²) in [4.78, 5) is 28.7. The summed E-state index contributed by atoms with van der Waals surface area (Å²) in [6, 6.07) is 5.62. The Labute approximate surface area is 142 Å². The summed E-state index contributed by atoms with van der Waals surface area (Å²) in [6.45, 7) is 6.22. The van der Waals surface area contributed by atoms with Crippen molar-refractivity contribution in [3.8, 4) is 0 Å². The van der Waals surface area contributed by atoms with Gasteiger partial charge in [0.05, 0.1) is 5.92 Å². The number of hydrogen-bond acceptors (Lipinski definition) is 2. The fourth-order valence-electron chi connectivity index (χ4n) is 3.52. The van der Waals surface area contributed by atoms with Crippen LogP contribution in [0.2, 0.25) is 5.02 Å². The molecule has 124 valence electrons. The van der Waals surface area contributed by atoms with Crippen LogP contribution >= 0.6 is 11.6 Å². The molecule has 1 aromatic carbocycles. The maximum absolute atomic E-state index is 12.7. The maximum atomic E-state index is 12.7. The normalized spacial score (nSPS) is 25.1. The van der Waals surface area contributed by atoms with Crippen molar-refractivity contribution in [2.24, 2.45) is 11.8 Å². The van der Waals surface area contributed by atoms with Gasteiger partial charge in [0.15, 0.2) is 0 Å². The molecule has 4 nitrogen and oxygen atoms in total. The number of likely N-dealkylation sites (tertiary alicyclic amines) is 1. The molecule has 2 amide bonds. The first kappa shape index (κ1) is 16.3. The monoisotopic (exact) mass is 334 g/mol. The van der Waals surface area contributed by atoms with Crippen LogP contribution in [0.4, 0.5) is 5.69 Å². The van der Waals surface area contributed by atoms with Crippen molar-refractivity contribution < 1.29 is 9.59 Å². The van der Waals surface area contributed by atoms with Crippen LogP contribution in [0.3, 0.4) is 0 Å². The Morgan fingerprint density at radius 1 is 1.30 bits per heavy atom. The van der Waals surface area contributed by atoms with Crippen molar-refractivity contribution in [3.05, 3.63) is 28.8 Å². The molecule has 2 atom stereocenters. The van der Waals surface area contributed by atoms with Gasteiger partial charge in [0.25, 0.3) is 0 Å². The van der Waals surface area contributed by atoms with Gasteiger partial charge in [-0.05, 0) is 43.4 Å². The molecule has 0 aliphatic carbocycles. The molecule has 1 aromatic rings. The lowest BCUT2D eigenvalue weighted by Gasteiger charge is -2.32. The van der Waals surface area contributed by atoms with E-state index in [1.807, 2.05) is 30.0 Å². The molecule has 5 heteroatoms. The highest BCUT2D eigenvalue weighted by atomic mass is 35.5. The van der Waals surface area contributed by atoms with E-state index < -0.39 is 0 Å². The minimum atomic E-state index is -0.229. The second-order valence-corrected chi connectivity index (χ2v) is 7.28. The molecule has 0 N–H and O–H groups in total. The molecule has 0 saturated carbocycles. The third-order valence-electron chi connectivity index (χ3n) is 4.91. The number of aryl methyl sites for hydroxylation is 1. The molecule has 23 heavy (non-hydrogen) atoms. The van der Waals surface area contributed by atoms with Crippen molar-refractivity contribution in [3.63, 3.8) is 0 Å². The number of amides is 2. The molecular formula is C18H23ClN2O2. The molecule has 0 radical (unpaired) electrons. The molecule has 2 aliphatic rings. The zero-order chi connectivity index (χ0) is 16.6. The molecule has 3 rings (SSSR count). The van der Waals surface area contributed by atoms with E-state index >= 15 is 0 Å². The SMILES string of the molecule is Cc1ccc(N2CC(C(=O)N3CCCC(C)C3)CC2=O)cc1Cl. The summed E-state index contributed by atoms with van der Waals surface area (Å²) < 4.78 is 0. The Kier molecular flexibility index (Phi) is 4.62. The van der Waals surface area contributed by atoms with E-state index in [0.29, 0.717) is 23.9 Å². The van der Waals surface area contributed by atoms with Crippen molar-refractivity contribution in [1.82, 2.24) is 4.90 Å². The fourth-order valence-corrected chi connectivity index (χ4v) is 3.69. The first-order valence-electron chi connectivity index (χ1n) is 8.31. The Balaban J connectivity index is 1.71. The van der Waals surface area contributed by atoms with Crippen LogP contribution < -0.4 is 4.90 Å². The molecule has 2 aliphatic heterocycles. The predicted molar refractivity (Wildman–Crippen MR) is 91.6 cm³/mol. The highest BCUT2D eigenvalue weighted by Crippen LogP contribution is 2.30. The van der Waals surface area contributed by atoms with E-state index in [1.165, 1.54) is 6.42 Å². The van der Waals surface area contributed by atoms with Gasteiger partial charge in [-0.15, -0.1) is 0 Å². The molecular weight excluding hydrogens is 312 g/mol. The minimum Gasteiger partial charge on any atom is -0.342 e. The van der Waals surface area contributed by atoms with Crippen LogP contribution in [0, 0.1) is 18.8 Å². The predicted octanol–water partition coefficient (Wildman–Crippen LogP) is 3.26. The lowest BCUT2D eigenvalue weighted by Crippen LogP contribution is -2.43. The number of anilines is 1. The standard InChI is InChI=1S/C18H23ClN2O2/c1-12-4-3-7-20(10-12)18(23)14-8-17(22)21(11-14)15-6-5-13(2)16(19)9-15/h5-6,9,12,14H,3-4,7-8,10-11H2,1-2H3. The van der Waals surface area contributed by atoms with Crippen LogP contribution in [0.25, 0.3) is 0 Å². The Morgan fingerprint density at radius 2 is 2.09 bits per heavy atom. The van der Waals surface area contributed by atoms with Crippen LogP contribution in [-0.4, -0.2) is 36.3 Å². The molecule has 2 fully saturated rings. The first-order valence-corrected chi connectivity index (χ1v) is 8.69. The van der Waals surface area contributed by atoms with Gasteiger partial charge in [0.2, 0.25) is 11.8 Å². The summed E-state index contributed by atoms with van der Waals surface area (Å²) in [5, 5.41) is 0.648. The smallest absolute Gasteiger partial charge is 0.228 e. The number of benzene rings is 1. The van der Waals surface area contributed by atoms with Crippen LogP contribution in [0.5, 0.6) is 0 Å². The van der Waals surface area contributed by atoms with E-state index in [-0.39, 0.29) is 17.7 Å². The number of halogens is 1. The summed E-state index contributed by atoms with van der Waals surface area (Å²) in [6.07, 6.45) is 2.54. The van der Waals surface area contributed by atoms with Crippen molar-refractivity contribution in [1.29, 1.82) is 0 Å². The molecule has 2 saturated heterocycles. The lowest BCUT2D eigenvalue weighted by atomic mass is 9.98. The van der Waals surface area contributed by atoms with Crippen LogP contribution in [-0.2, 0) is 9.59 Å². The number of carbonyl (C=O) groups excluding carboxylic acids is 2. The summed E-state index contributed by atoms with van der Waals surface area (Å²) in [7, 11) is 0. The molecule has 2 unspecified atom stereocenters. The zero-order valence-corrected chi connectivity index (χ0v) is 14.5. The number of nitrogens with zero attached hydrogens (tertiary/aromatic N) is 2. The second-order valence-electron chi connectivity index (χ2n) is 6.87. The van der Waals surface area contributed by atoms with E-state index in [9.17, 15) is 9.59 Å². The van der Waals surface area contributed by atoms with Gasteiger partial charge in [-0.3, -0.25) is 9.59 Å². The first-order chi connectivity index (χ1) is 11.0. The van der Waals surface area contributed by atoms with Gasteiger partial charge >= 0.3 is 0 Å². The van der Waals surface area contributed by atoms with Crippen molar-refractivity contribution >= 4 is 29.1 Å². The number of hydrogen-bond donors (Lipinski definition) is 0. The number of piperidine rings is 1. The third kappa shape index (κ3) is 3.37. The van der Waals surface area contributed by atoms with E-state index in [4.69, 9.17) is 11.6 Å². The highest BCUT2D eigenvalue weighted by molar-refractivity contribution is 6.31. The molecule has 0 aromatic heterocycles. The topological polar surface area (TPSA) is 40.6 Å². The third-order valence-corrected chi connectivity index (χ3v) is 5.32. The quantitative estimate of drug-likeness (QED) is 0.833. The Morgan fingerprint density at radius 3 is 2.78 bits per heavy atom. The van der Waals surface area contributed by atoms with Gasteiger partial charge in [-0.2, -0.15) is 0 Å². The van der Waals surface area contributed by atoms with E-state index in [0.717, 1.165) is 30.8 Å². The van der Waals surface area contributed by atoms with Gasteiger partial charge in [-0.25, -0.2) is 0 Å². The highest BCUT2D eigenvalue weighted by Gasteiger charge is 2.38. The summed E-state index contributed by atoms with van der Waals surface area (Å²) in [5.41, 5.74) is 1.77. The molecule has 0 bridgehead atoms. The number of carbonyl (C=O) groups is 2. The van der Waals surface area contributed by atoms with Gasteiger partial charge in [0, 0.05) is 36.8 Å². The Hall–Kier alpha value is -1.55. The summed E-state index contributed by atoms with van der Waals surface area (Å²) >= 11 is 6.16. The van der Waals surface area contributed by atoms with E-state index in [2.05, 4.69) is 6.92 Å². The average molecular weight is 335 g/mol. The van der Waals surface area contributed by atoms with E-state index in [1.54, 1.807) is 4.90 Å². The largest absolute Gasteiger partial charge is 0.342 e. The van der Waals surface area contributed by atoms with Crippen LogP contribution in [0.1, 0.15) is 31.7 Å². The van der Waals surface area contributed by atoms with Gasteiger partial charge in [0.1, 0.15) is 0 Å². The fraction of sp³-hybridized carbons (Fsp3) is 0.556. The average Bonchev–Trinajstić information content (AvgIpc) is 2.91. The lowest BCUT2D eigenvalue weighted by molar-refractivity contribution is -0.137. The minimum absolute atomic E-state index is 0.00771. The van der Waals surface area contributed by atoms with Crippen molar-refractivity contribution in [2.75, 3.05) is 24.5 Å². The maximum Gasteiger partial charge on any atom is 0.228 e.